The molecule has 0 spiro atoms. The zero-order chi connectivity index (χ0) is 28.5. The summed E-state index contributed by atoms with van der Waals surface area (Å²) < 4.78 is 112. The molecule has 3 rings (SSSR count). The zero-order valence-corrected chi connectivity index (χ0v) is 19.7. The number of hydrogen-bond donors (Lipinski definition) is 1. The first kappa shape index (κ1) is 29.3. The van der Waals surface area contributed by atoms with Crippen LogP contribution in [0.5, 0.6) is 5.75 Å². The molecule has 0 bridgehead atoms. The molecule has 1 fully saturated rings. The first-order valence-corrected chi connectivity index (χ1v) is 10.9. The fourth-order valence-corrected chi connectivity index (χ4v) is 3.85. The van der Waals surface area contributed by atoms with Gasteiger partial charge >= 0.3 is 12.7 Å². The van der Waals surface area contributed by atoms with E-state index in [2.05, 4.69) is 24.8 Å². The summed E-state index contributed by atoms with van der Waals surface area (Å²) in [4.78, 5) is 34.1. The van der Waals surface area contributed by atoms with Gasteiger partial charge in [0.15, 0.2) is 11.4 Å². The minimum absolute atomic E-state index is 0.222. The van der Waals surface area contributed by atoms with Crippen LogP contribution in [0.25, 0.3) is 0 Å². The van der Waals surface area contributed by atoms with Crippen LogP contribution in [0.4, 0.5) is 40.8 Å². The van der Waals surface area contributed by atoms with E-state index in [-0.39, 0.29) is 29.4 Å². The minimum Gasteiger partial charge on any atom is -0.406 e. The Hall–Kier alpha value is -3.27. The number of nitrogens with one attached hydrogen (secondary N) is 1. The molecule has 1 aliphatic rings. The molecule has 0 aliphatic heterocycles. The average Bonchev–Trinajstić information content (AvgIpc) is 2.77. The van der Waals surface area contributed by atoms with Crippen molar-refractivity contribution in [2.75, 3.05) is 4.90 Å². The second kappa shape index (κ2) is 10.8. The van der Waals surface area contributed by atoms with E-state index < -0.39 is 65.1 Å². The van der Waals surface area contributed by atoms with Crippen LogP contribution >= 0.6 is 11.6 Å². The van der Waals surface area contributed by atoms with Crippen LogP contribution in [0.1, 0.15) is 25.3 Å². The zero-order valence-electron chi connectivity index (χ0n) is 19.0. The molecular formula is C21H17ClF8N4O4. The van der Waals surface area contributed by atoms with E-state index in [4.69, 9.17) is 11.6 Å². The number of halogens is 9. The van der Waals surface area contributed by atoms with Crippen LogP contribution in [-0.4, -0.2) is 52.3 Å². The molecule has 1 N–H and O–H groups in total. The quantitative estimate of drug-likeness (QED) is 0.368. The number of carbonyl (C=O) groups is 2. The third kappa shape index (κ3) is 6.78. The maximum Gasteiger partial charge on any atom is 0.573 e. The van der Waals surface area contributed by atoms with Gasteiger partial charge in [0.1, 0.15) is 12.1 Å². The summed E-state index contributed by atoms with van der Waals surface area (Å²) in [5, 5.41) is 2.38. The Morgan fingerprint density at radius 3 is 2.21 bits per heavy atom. The molecule has 2 atom stereocenters. The Labute approximate surface area is 213 Å². The number of carbonyl (C=O) groups excluding carboxylic acids is 2. The average molecular weight is 577 g/mol. The highest BCUT2D eigenvalue weighted by Gasteiger charge is 2.50. The standard InChI is InChI=1S/C21H17ClF8N4O4/c1-19(10-7-31-9-32-8-10,18(36)33-11-4-13(5-11)38-21(28,29)30)34(17(35)16(22)24)15-3-2-12(6-14(15)23)37-20(25,26)27/h2-3,6-9,11,13,16H,4-5H2,1H3,(H,33,36)/t11?,13?,16-,19+/m0/s1. The highest BCUT2D eigenvalue weighted by molar-refractivity contribution is 6.32. The number of benzene rings is 1. The topological polar surface area (TPSA) is 93.6 Å². The number of ether oxygens (including phenoxy) is 2. The number of aromatic nitrogens is 2. The normalized spacial score (nSPS) is 20.1. The van der Waals surface area contributed by atoms with Crippen molar-refractivity contribution in [2.24, 2.45) is 0 Å². The highest BCUT2D eigenvalue weighted by atomic mass is 35.5. The van der Waals surface area contributed by atoms with Gasteiger partial charge < -0.3 is 10.1 Å². The Morgan fingerprint density at radius 1 is 1.11 bits per heavy atom. The highest BCUT2D eigenvalue weighted by Crippen LogP contribution is 2.39. The fraction of sp³-hybridized carbons (Fsp3) is 0.429. The molecule has 2 aromatic rings. The third-order valence-electron chi connectivity index (χ3n) is 5.54. The molecule has 208 valence electrons. The Kier molecular flexibility index (Phi) is 8.36. The molecular weight excluding hydrogens is 560 g/mol. The molecule has 0 radical (unpaired) electrons. The SMILES string of the molecule is C[C@](C(=O)NC1CC(OC(F)(F)F)C1)(c1cncnc1)N(C(=O)[C@H](F)Cl)c1ccc(OC(F)(F)F)cc1F. The van der Waals surface area contributed by atoms with Crippen molar-refractivity contribution in [3.63, 3.8) is 0 Å². The third-order valence-corrected chi connectivity index (χ3v) is 5.73. The predicted molar refractivity (Wildman–Crippen MR) is 113 cm³/mol. The van der Waals surface area contributed by atoms with E-state index in [1.165, 1.54) is 0 Å². The monoisotopic (exact) mass is 576 g/mol. The molecule has 1 saturated carbocycles. The van der Waals surface area contributed by atoms with Crippen molar-refractivity contribution in [1.82, 2.24) is 15.3 Å². The second-order valence-electron chi connectivity index (χ2n) is 8.16. The number of hydrogen-bond acceptors (Lipinski definition) is 6. The summed E-state index contributed by atoms with van der Waals surface area (Å²) >= 11 is 5.33. The molecule has 0 unspecified atom stereocenters. The summed E-state index contributed by atoms with van der Waals surface area (Å²) in [6, 6.07) is 0.591. The van der Waals surface area contributed by atoms with Gasteiger partial charge in [-0.15, -0.1) is 26.3 Å². The molecule has 17 heteroatoms. The first-order chi connectivity index (χ1) is 17.5. The number of rotatable bonds is 8. The van der Waals surface area contributed by atoms with Gasteiger partial charge in [-0.1, -0.05) is 11.6 Å². The van der Waals surface area contributed by atoms with Crippen molar-refractivity contribution < 1.29 is 54.2 Å². The summed E-state index contributed by atoms with van der Waals surface area (Å²) in [7, 11) is 0. The van der Waals surface area contributed by atoms with Crippen molar-refractivity contribution in [3.8, 4) is 5.75 Å². The summed E-state index contributed by atoms with van der Waals surface area (Å²) in [6.07, 6.45) is -8.85. The largest absolute Gasteiger partial charge is 0.573 e. The Bertz CT molecular complexity index is 1160. The summed E-state index contributed by atoms with van der Waals surface area (Å²) in [6.45, 7) is 1.01. The van der Waals surface area contributed by atoms with Gasteiger partial charge in [-0.25, -0.2) is 18.7 Å². The van der Waals surface area contributed by atoms with Gasteiger partial charge in [-0.2, -0.15) is 0 Å². The first-order valence-electron chi connectivity index (χ1n) is 10.5. The lowest BCUT2D eigenvalue weighted by Crippen LogP contribution is -2.62. The molecule has 0 saturated heterocycles. The maximum absolute atomic E-state index is 15.1. The smallest absolute Gasteiger partial charge is 0.406 e. The van der Waals surface area contributed by atoms with Crippen LogP contribution in [0.2, 0.25) is 0 Å². The van der Waals surface area contributed by atoms with E-state index in [9.17, 15) is 40.3 Å². The predicted octanol–water partition coefficient (Wildman–Crippen LogP) is 4.48. The molecule has 1 aromatic carbocycles. The van der Waals surface area contributed by atoms with Crippen molar-refractivity contribution >= 4 is 29.1 Å². The Balaban J connectivity index is 2.03. The van der Waals surface area contributed by atoms with Crippen LogP contribution in [-0.2, 0) is 19.9 Å². The molecule has 2 amide bonds. The number of nitrogens with zero attached hydrogens (tertiary/aromatic N) is 3. The van der Waals surface area contributed by atoms with Crippen LogP contribution < -0.4 is 15.0 Å². The second-order valence-corrected chi connectivity index (χ2v) is 8.55. The van der Waals surface area contributed by atoms with Gasteiger partial charge in [0.25, 0.3) is 17.4 Å². The lowest BCUT2D eigenvalue weighted by molar-refractivity contribution is -0.351. The van der Waals surface area contributed by atoms with Crippen molar-refractivity contribution in [2.45, 2.75) is 55.8 Å². The van der Waals surface area contributed by atoms with Gasteiger partial charge in [0.05, 0.1) is 11.8 Å². The summed E-state index contributed by atoms with van der Waals surface area (Å²) in [5.41, 5.74) is -6.35. The van der Waals surface area contributed by atoms with Gasteiger partial charge in [-0.05, 0) is 31.9 Å². The minimum atomic E-state index is -5.18. The lowest BCUT2D eigenvalue weighted by Gasteiger charge is -2.43. The van der Waals surface area contributed by atoms with Gasteiger partial charge in [0, 0.05) is 30.1 Å². The van der Waals surface area contributed by atoms with E-state index >= 15 is 4.39 Å². The number of alkyl halides is 8. The van der Waals surface area contributed by atoms with Crippen LogP contribution in [0, 0.1) is 5.82 Å². The van der Waals surface area contributed by atoms with Gasteiger partial charge in [0.2, 0.25) is 0 Å². The van der Waals surface area contributed by atoms with E-state index in [0.29, 0.717) is 12.1 Å². The lowest BCUT2D eigenvalue weighted by atomic mass is 9.85. The van der Waals surface area contributed by atoms with E-state index in [1.807, 2.05) is 0 Å². The molecule has 1 aromatic heterocycles. The maximum atomic E-state index is 15.1. The number of amides is 2. The van der Waals surface area contributed by atoms with Crippen LogP contribution in [0.3, 0.4) is 0 Å². The molecule has 38 heavy (non-hydrogen) atoms. The molecule has 1 aliphatic carbocycles. The molecule has 8 nitrogen and oxygen atoms in total. The molecule has 1 heterocycles. The number of anilines is 1. The summed E-state index contributed by atoms with van der Waals surface area (Å²) in [5.74, 6) is -5.38. The Morgan fingerprint density at radius 2 is 1.71 bits per heavy atom. The van der Waals surface area contributed by atoms with Crippen molar-refractivity contribution in [1.29, 1.82) is 0 Å². The van der Waals surface area contributed by atoms with Crippen molar-refractivity contribution in [3.05, 3.63) is 48.3 Å². The van der Waals surface area contributed by atoms with Gasteiger partial charge in [-0.3, -0.25) is 19.2 Å². The van der Waals surface area contributed by atoms with Crippen LogP contribution in [0.15, 0.2) is 36.9 Å². The van der Waals surface area contributed by atoms with E-state index in [1.54, 1.807) is 0 Å². The fourth-order valence-electron chi connectivity index (χ4n) is 3.75. The van der Waals surface area contributed by atoms with E-state index in [0.717, 1.165) is 25.6 Å².